The maximum absolute atomic E-state index is 11.9. The van der Waals surface area contributed by atoms with Gasteiger partial charge >= 0.3 is 0 Å². The molecule has 6 nitrogen and oxygen atoms in total. The lowest BCUT2D eigenvalue weighted by molar-refractivity contribution is -0.385. The van der Waals surface area contributed by atoms with E-state index in [0.29, 0.717) is 18.5 Å². The molecule has 20 heavy (non-hydrogen) atoms. The average Bonchev–Trinajstić information content (AvgIpc) is 2.38. The van der Waals surface area contributed by atoms with Crippen LogP contribution in [0.5, 0.6) is 0 Å². The van der Waals surface area contributed by atoms with Crippen LogP contribution in [0, 0.1) is 23.0 Å². The molecule has 1 amide bonds. The number of hydrogen-bond donors (Lipinski definition) is 2. The van der Waals surface area contributed by atoms with Crippen molar-refractivity contribution in [1.29, 1.82) is 0 Å². The van der Waals surface area contributed by atoms with Crippen LogP contribution >= 0.6 is 0 Å². The molecule has 1 aromatic rings. The minimum atomic E-state index is -0.505. The van der Waals surface area contributed by atoms with Gasteiger partial charge in [0.2, 0.25) is 0 Å². The summed E-state index contributed by atoms with van der Waals surface area (Å²) in [6.07, 6.45) is -0.0140. The molecule has 0 radical (unpaired) electrons. The third-order valence-electron chi connectivity index (χ3n) is 3.16. The Morgan fingerprint density at radius 2 is 2.10 bits per heavy atom. The largest absolute Gasteiger partial charge is 0.393 e. The molecule has 0 spiro atoms. The van der Waals surface area contributed by atoms with Crippen molar-refractivity contribution < 1.29 is 14.8 Å². The Bertz CT molecular complexity index is 500. The van der Waals surface area contributed by atoms with E-state index in [2.05, 4.69) is 5.32 Å². The van der Waals surface area contributed by atoms with Gasteiger partial charge in [-0.2, -0.15) is 0 Å². The van der Waals surface area contributed by atoms with Crippen molar-refractivity contribution in [2.75, 3.05) is 6.54 Å². The third kappa shape index (κ3) is 4.31. The summed E-state index contributed by atoms with van der Waals surface area (Å²) < 4.78 is 0. The van der Waals surface area contributed by atoms with Crippen molar-refractivity contribution in [3.05, 3.63) is 39.4 Å². The van der Waals surface area contributed by atoms with Crippen molar-refractivity contribution >= 4 is 11.6 Å². The van der Waals surface area contributed by atoms with E-state index in [1.807, 2.05) is 13.8 Å². The zero-order valence-electron chi connectivity index (χ0n) is 11.9. The lowest BCUT2D eigenvalue weighted by Gasteiger charge is -2.14. The Kier molecular flexibility index (Phi) is 5.64. The van der Waals surface area contributed by atoms with Gasteiger partial charge in [0.1, 0.15) is 0 Å². The third-order valence-corrected chi connectivity index (χ3v) is 3.16. The van der Waals surface area contributed by atoms with Gasteiger partial charge in [-0.05, 0) is 25.3 Å². The minimum absolute atomic E-state index is 0.0696. The molecular formula is C14H20N2O4. The van der Waals surface area contributed by atoms with Crippen LogP contribution in [-0.2, 0) is 0 Å². The average molecular weight is 280 g/mol. The molecular weight excluding hydrogens is 260 g/mol. The number of aryl methyl sites for hydroxylation is 1. The summed E-state index contributed by atoms with van der Waals surface area (Å²) in [5, 5.41) is 23.1. The number of rotatable bonds is 6. The highest BCUT2D eigenvalue weighted by molar-refractivity contribution is 5.94. The Morgan fingerprint density at radius 3 is 2.65 bits per heavy atom. The second kappa shape index (κ2) is 7.00. The Hall–Kier alpha value is -1.95. The van der Waals surface area contributed by atoms with Gasteiger partial charge < -0.3 is 10.4 Å². The minimum Gasteiger partial charge on any atom is -0.393 e. The van der Waals surface area contributed by atoms with E-state index in [9.17, 15) is 20.0 Å². The fourth-order valence-electron chi connectivity index (χ4n) is 1.72. The van der Waals surface area contributed by atoms with E-state index >= 15 is 0 Å². The smallest absolute Gasteiger partial charge is 0.273 e. The molecule has 1 aromatic carbocycles. The summed E-state index contributed by atoms with van der Waals surface area (Å²) in [5.41, 5.74) is 0.697. The van der Waals surface area contributed by atoms with Crippen LogP contribution in [0.1, 0.15) is 36.2 Å². The van der Waals surface area contributed by atoms with Crippen LogP contribution in [0.3, 0.4) is 0 Å². The zero-order valence-corrected chi connectivity index (χ0v) is 11.9. The highest BCUT2D eigenvalue weighted by Gasteiger charge is 2.15. The quantitative estimate of drug-likeness (QED) is 0.616. The fraction of sp³-hybridized carbons (Fsp3) is 0.500. The van der Waals surface area contributed by atoms with Crippen LogP contribution in [0.2, 0.25) is 0 Å². The molecule has 0 aliphatic heterocycles. The second-order valence-corrected chi connectivity index (χ2v) is 5.11. The van der Waals surface area contributed by atoms with E-state index < -0.39 is 11.0 Å². The molecule has 1 unspecified atom stereocenters. The predicted molar refractivity (Wildman–Crippen MR) is 75.6 cm³/mol. The van der Waals surface area contributed by atoms with E-state index in [1.54, 1.807) is 19.1 Å². The molecule has 1 atom stereocenters. The predicted octanol–water partition coefficient (Wildman–Crippen LogP) is 2.04. The number of nitrogens with zero attached hydrogens (tertiary/aromatic N) is 1. The van der Waals surface area contributed by atoms with Gasteiger partial charge in [-0.3, -0.25) is 14.9 Å². The SMILES string of the molecule is Cc1ccc(C(=O)NCCC(O)C(C)C)cc1[N+](=O)[O-]. The van der Waals surface area contributed by atoms with Crippen molar-refractivity contribution in [2.24, 2.45) is 5.92 Å². The first-order valence-electron chi connectivity index (χ1n) is 6.54. The number of benzene rings is 1. The van der Waals surface area contributed by atoms with Gasteiger partial charge in [0.15, 0.2) is 0 Å². The van der Waals surface area contributed by atoms with Gasteiger partial charge in [0.05, 0.1) is 11.0 Å². The monoisotopic (exact) mass is 280 g/mol. The first-order valence-corrected chi connectivity index (χ1v) is 6.54. The van der Waals surface area contributed by atoms with Crippen molar-refractivity contribution in [1.82, 2.24) is 5.32 Å². The van der Waals surface area contributed by atoms with E-state index in [4.69, 9.17) is 0 Å². The zero-order chi connectivity index (χ0) is 15.3. The molecule has 110 valence electrons. The van der Waals surface area contributed by atoms with Crippen LogP contribution in [0.4, 0.5) is 5.69 Å². The van der Waals surface area contributed by atoms with Gasteiger partial charge in [0.25, 0.3) is 11.6 Å². The molecule has 0 saturated heterocycles. The van der Waals surface area contributed by atoms with E-state index in [1.165, 1.54) is 6.07 Å². The highest BCUT2D eigenvalue weighted by atomic mass is 16.6. The number of hydrogen-bond acceptors (Lipinski definition) is 4. The molecule has 0 aliphatic carbocycles. The molecule has 6 heteroatoms. The van der Waals surface area contributed by atoms with Gasteiger partial charge in [0, 0.05) is 23.7 Å². The van der Waals surface area contributed by atoms with E-state index in [0.717, 1.165) is 0 Å². The number of nitro benzene ring substituents is 1. The number of amides is 1. The van der Waals surface area contributed by atoms with Crippen molar-refractivity contribution in [3.63, 3.8) is 0 Å². The summed E-state index contributed by atoms with van der Waals surface area (Å²) >= 11 is 0. The summed E-state index contributed by atoms with van der Waals surface area (Å²) in [6, 6.07) is 4.37. The molecule has 0 saturated carbocycles. The number of carbonyl (C=O) groups excluding carboxylic acids is 1. The van der Waals surface area contributed by atoms with Crippen molar-refractivity contribution in [2.45, 2.75) is 33.3 Å². The van der Waals surface area contributed by atoms with Crippen molar-refractivity contribution in [3.8, 4) is 0 Å². The number of nitrogens with one attached hydrogen (secondary N) is 1. The Morgan fingerprint density at radius 1 is 1.45 bits per heavy atom. The van der Waals surface area contributed by atoms with E-state index in [-0.39, 0.29) is 23.1 Å². The Labute approximate surface area is 118 Å². The van der Waals surface area contributed by atoms with Crippen LogP contribution in [-0.4, -0.2) is 28.6 Å². The Balaban J connectivity index is 2.64. The molecule has 0 aromatic heterocycles. The lowest BCUT2D eigenvalue weighted by Crippen LogP contribution is -2.28. The topological polar surface area (TPSA) is 92.5 Å². The maximum Gasteiger partial charge on any atom is 0.273 e. The van der Waals surface area contributed by atoms with Crippen LogP contribution < -0.4 is 5.32 Å². The highest BCUT2D eigenvalue weighted by Crippen LogP contribution is 2.19. The summed E-state index contributed by atoms with van der Waals surface area (Å²) in [6.45, 7) is 5.75. The normalized spacial score (nSPS) is 12.2. The number of aliphatic hydroxyl groups is 1. The van der Waals surface area contributed by atoms with Crippen LogP contribution in [0.25, 0.3) is 0 Å². The standard InChI is InChI=1S/C14H20N2O4/c1-9(2)13(17)6-7-15-14(18)11-5-4-10(3)12(8-11)16(19)20/h4-5,8-9,13,17H,6-7H2,1-3H3,(H,15,18). The summed E-state index contributed by atoms with van der Waals surface area (Å²) in [4.78, 5) is 22.2. The number of carbonyl (C=O) groups is 1. The second-order valence-electron chi connectivity index (χ2n) is 5.11. The number of aliphatic hydroxyl groups excluding tert-OH is 1. The lowest BCUT2D eigenvalue weighted by atomic mass is 10.0. The summed E-state index contributed by atoms with van der Waals surface area (Å²) in [5.74, 6) is -0.239. The number of nitro groups is 1. The first kappa shape index (κ1) is 16.1. The molecule has 0 aliphatic rings. The molecule has 1 rings (SSSR count). The van der Waals surface area contributed by atoms with Crippen LogP contribution in [0.15, 0.2) is 18.2 Å². The summed E-state index contributed by atoms with van der Waals surface area (Å²) in [7, 11) is 0. The van der Waals surface area contributed by atoms with Gasteiger partial charge in [-0.15, -0.1) is 0 Å². The molecule has 0 bridgehead atoms. The van der Waals surface area contributed by atoms with Gasteiger partial charge in [-0.1, -0.05) is 19.9 Å². The molecule has 2 N–H and O–H groups in total. The molecule has 0 heterocycles. The molecule has 0 fully saturated rings. The van der Waals surface area contributed by atoms with Gasteiger partial charge in [-0.25, -0.2) is 0 Å². The maximum atomic E-state index is 11.9. The fourth-order valence-corrected chi connectivity index (χ4v) is 1.72. The first-order chi connectivity index (χ1) is 9.32.